The first kappa shape index (κ1) is 21.8. The Morgan fingerprint density at radius 3 is 2.35 bits per heavy atom. The Bertz CT molecular complexity index is 270. The third kappa shape index (κ3) is 13.9. The molecule has 3 N–H and O–H groups in total. The van der Waals surface area contributed by atoms with Gasteiger partial charge in [0, 0.05) is 19.6 Å². The molecule has 5 nitrogen and oxygen atoms in total. The van der Waals surface area contributed by atoms with Gasteiger partial charge in [-0.2, -0.15) is 0 Å². The smallest absolute Gasteiger partial charge is 0.241 e. The van der Waals surface area contributed by atoms with E-state index >= 15 is 0 Å². The van der Waals surface area contributed by atoms with E-state index in [-0.39, 0.29) is 36.4 Å². The summed E-state index contributed by atoms with van der Waals surface area (Å²) in [5.41, 5.74) is 0. The van der Waals surface area contributed by atoms with Crippen LogP contribution in [-0.2, 0) is 4.79 Å². The van der Waals surface area contributed by atoms with Gasteiger partial charge in [0.1, 0.15) is 6.54 Å². The quantitative estimate of drug-likeness (QED) is 0.241. The molecule has 0 spiro atoms. The summed E-state index contributed by atoms with van der Waals surface area (Å²) >= 11 is 0. The fraction of sp³-hybridized carbons (Fsp3) is 0.857. The van der Waals surface area contributed by atoms with Crippen LogP contribution in [0.2, 0.25) is 0 Å². The highest BCUT2D eigenvalue weighted by molar-refractivity contribution is 14.0. The van der Waals surface area contributed by atoms with Crippen molar-refractivity contribution < 1.29 is 4.79 Å². The van der Waals surface area contributed by atoms with Crippen LogP contribution in [0.25, 0.3) is 0 Å². The average Bonchev–Trinajstić information content (AvgIpc) is 2.38. The van der Waals surface area contributed by atoms with Gasteiger partial charge in [-0.25, -0.2) is 4.99 Å². The highest BCUT2D eigenvalue weighted by Gasteiger charge is 2.01. The standard InChI is InChI=1S/C14H30N4O.HI/c1-5-9-16-13(19)11-18-14(15-6-2)17-10-7-8-12(3)4;/h12H,5-11H2,1-4H3,(H,16,19)(H2,15,17,18);1H. The molecule has 120 valence electrons. The summed E-state index contributed by atoms with van der Waals surface area (Å²) in [5.74, 6) is 1.42. The van der Waals surface area contributed by atoms with E-state index in [9.17, 15) is 4.79 Å². The topological polar surface area (TPSA) is 65.5 Å². The van der Waals surface area contributed by atoms with E-state index in [0.29, 0.717) is 6.54 Å². The number of guanidine groups is 1. The molecule has 0 saturated carbocycles. The van der Waals surface area contributed by atoms with Crippen LogP contribution in [0.1, 0.15) is 47.0 Å². The van der Waals surface area contributed by atoms with Crippen LogP contribution in [0, 0.1) is 5.92 Å². The van der Waals surface area contributed by atoms with Gasteiger partial charge < -0.3 is 16.0 Å². The number of hydrogen-bond donors (Lipinski definition) is 3. The molecular weight excluding hydrogens is 367 g/mol. The zero-order valence-corrected chi connectivity index (χ0v) is 15.6. The van der Waals surface area contributed by atoms with Crippen molar-refractivity contribution in [3.8, 4) is 0 Å². The van der Waals surface area contributed by atoms with Crippen molar-refractivity contribution in [3.63, 3.8) is 0 Å². The van der Waals surface area contributed by atoms with Crippen molar-refractivity contribution in [2.45, 2.75) is 47.0 Å². The van der Waals surface area contributed by atoms with Crippen molar-refractivity contribution in [2.75, 3.05) is 26.2 Å². The van der Waals surface area contributed by atoms with Gasteiger partial charge in [-0.05, 0) is 32.1 Å². The molecule has 0 atom stereocenters. The van der Waals surface area contributed by atoms with Gasteiger partial charge >= 0.3 is 0 Å². The molecule has 20 heavy (non-hydrogen) atoms. The fourth-order valence-electron chi connectivity index (χ4n) is 1.53. The second-order valence-corrected chi connectivity index (χ2v) is 5.01. The summed E-state index contributed by atoms with van der Waals surface area (Å²) in [6.45, 7) is 11.1. The highest BCUT2D eigenvalue weighted by Crippen LogP contribution is 2.01. The van der Waals surface area contributed by atoms with Gasteiger partial charge in [0.15, 0.2) is 5.96 Å². The Morgan fingerprint density at radius 2 is 1.80 bits per heavy atom. The molecule has 0 bridgehead atoms. The molecule has 6 heteroatoms. The molecule has 1 amide bonds. The van der Waals surface area contributed by atoms with Crippen molar-refractivity contribution in [2.24, 2.45) is 10.9 Å². The summed E-state index contributed by atoms with van der Waals surface area (Å²) in [4.78, 5) is 15.7. The van der Waals surface area contributed by atoms with Crippen LogP contribution >= 0.6 is 24.0 Å². The minimum Gasteiger partial charge on any atom is -0.357 e. The Labute approximate surface area is 140 Å². The number of nitrogens with zero attached hydrogens (tertiary/aromatic N) is 1. The summed E-state index contributed by atoms with van der Waals surface area (Å²) in [5, 5.41) is 9.20. The normalized spacial score (nSPS) is 10.9. The molecule has 0 aromatic heterocycles. The van der Waals surface area contributed by atoms with Crippen molar-refractivity contribution >= 4 is 35.8 Å². The van der Waals surface area contributed by atoms with Crippen LogP contribution in [-0.4, -0.2) is 38.0 Å². The van der Waals surface area contributed by atoms with Gasteiger partial charge in [0.25, 0.3) is 0 Å². The predicted octanol–water partition coefficient (Wildman–Crippen LogP) is 2.12. The maximum atomic E-state index is 11.5. The van der Waals surface area contributed by atoms with E-state index in [4.69, 9.17) is 0 Å². The minimum absolute atomic E-state index is 0. The minimum atomic E-state index is -0.0266. The van der Waals surface area contributed by atoms with Gasteiger partial charge in [-0.15, -0.1) is 24.0 Å². The molecule has 0 heterocycles. The van der Waals surface area contributed by atoms with Crippen molar-refractivity contribution in [1.29, 1.82) is 0 Å². The van der Waals surface area contributed by atoms with E-state index in [1.165, 1.54) is 6.42 Å². The molecule has 0 aromatic rings. The lowest BCUT2D eigenvalue weighted by Gasteiger charge is -2.11. The zero-order valence-electron chi connectivity index (χ0n) is 13.3. The molecule has 0 aromatic carbocycles. The number of rotatable bonds is 9. The maximum Gasteiger partial charge on any atom is 0.241 e. The van der Waals surface area contributed by atoms with E-state index in [1.807, 2.05) is 13.8 Å². The summed E-state index contributed by atoms with van der Waals surface area (Å²) in [6.07, 6.45) is 3.26. The number of halogens is 1. The Kier molecular flexibility index (Phi) is 16.2. The van der Waals surface area contributed by atoms with E-state index in [1.54, 1.807) is 0 Å². The van der Waals surface area contributed by atoms with Crippen LogP contribution in [0.15, 0.2) is 4.99 Å². The van der Waals surface area contributed by atoms with Crippen molar-refractivity contribution in [1.82, 2.24) is 16.0 Å². The summed E-state index contributed by atoms with van der Waals surface area (Å²) in [7, 11) is 0. The van der Waals surface area contributed by atoms with Crippen molar-refractivity contribution in [3.05, 3.63) is 0 Å². The van der Waals surface area contributed by atoms with Gasteiger partial charge in [0.05, 0.1) is 0 Å². The van der Waals surface area contributed by atoms with Gasteiger partial charge in [-0.3, -0.25) is 4.79 Å². The molecule has 0 aliphatic carbocycles. The number of carbonyl (C=O) groups excluding carboxylic acids is 1. The van der Waals surface area contributed by atoms with E-state index in [2.05, 4.69) is 34.8 Å². The van der Waals surface area contributed by atoms with E-state index < -0.39 is 0 Å². The second kappa shape index (κ2) is 14.9. The molecule has 0 fully saturated rings. The zero-order chi connectivity index (χ0) is 14.5. The lowest BCUT2D eigenvalue weighted by atomic mass is 10.1. The molecule has 0 unspecified atom stereocenters. The summed E-state index contributed by atoms with van der Waals surface area (Å²) in [6, 6.07) is 0. The van der Waals surface area contributed by atoms with Crippen LogP contribution in [0.3, 0.4) is 0 Å². The third-order valence-electron chi connectivity index (χ3n) is 2.55. The highest BCUT2D eigenvalue weighted by atomic mass is 127. The SMILES string of the molecule is CCCNC(=O)CN=C(NCC)NCCCC(C)C.I. The molecular formula is C14H31IN4O. The molecule has 0 radical (unpaired) electrons. The first-order valence-corrected chi connectivity index (χ1v) is 7.39. The summed E-state index contributed by atoms with van der Waals surface area (Å²) < 4.78 is 0. The Morgan fingerprint density at radius 1 is 1.10 bits per heavy atom. The number of aliphatic imine (C=N–C) groups is 1. The Hall–Kier alpha value is -0.530. The lowest BCUT2D eigenvalue weighted by molar-refractivity contribution is -0.119. The second-order valence-electron chi connectivity index (χ2n) is 5.01. The monoisotopic (exact) mass is 398 g/mol. The molecule has 0 aliphatic heterocycles. The molecule has 0 rings (SSSR count). The lowest BCUT2D eigenvalue weighted by Crippen LogP contribution is -2.39. The predicted molar refractivity (Wildman–Crippen MR) is 96.8 cm³/mol. The van der Waals surface area contributed by atoms with Crippen LogP contribution in [0.5, 0.6) is 0 Å². The van der Waals surface area contributed by atoms with Gasteiger partial charge in [-0.1, -0.05) is 20.8 Å². The van der Waals surface area contributed by atoms with Crippen LogP contribution in [0.4, 0.5) is 0 Å². The van der Waals surface area contributed by atoms with Gasteiger partial charge in [0.2, 0.25) is 5.91 Å². The largest absolute Gasteiger partial charge is 0.357 e. The first-order chi connectivity index (χ1) is 9.10. The third-order valence-corrected chi connectivity index (χ3v) is 2.55. The number of carbonyl (C=O) groups is 1. The first-order valence-electron chi connectivity index (χ1n) is 7.39. The Balaban J connectivity index is 0. The van der Waals surface area contributed by atoms with Crippen LogP contribution < -0.4 is 16.0 Å². The number of nitrogens with one attached hydrogen (secondary N) is 3. The molecule has 0 saturated heterocycles. The number of amides is 1. The molecule has 0 aliphatic rings. The van der Waals surface area contributed by atoms with E-state index in [0.717, 1.165) is 37.8 Å². The average molecular weight is 398 g/mol. The fourth-order valence-corrected chi connectivity index (χ4v) is 1.53. The maximum absolute atomic E-state index is 11.5. The number of hydrogen-bond acceptors (Lipinski definition) is 2.